The molecule has 1 aromatic rings. The Balaban J connectivity index is 1.74. The normalized spacial score (nSPS) is 27.8. The second-order valence-electron chi connectivity index (χ2n) is 6.09. The quantitative estimate of drug-likeness (QED) is 0.906. The van der Waals surface area contributed by atoms with Crippen molar-refractivity contribution in [1.29, 1.82) is 0 Å². The zero-order valence-corrected chi connectivity index (χ0v) is 11.7. The molecule has 1 spiro atoms. The predicted molar refractivity (Wildman–Crippen MR) is 72.9 cm³/mol. The van der Waals surface area contributed by atoms with Crippen LogP contribution in [0.4, 0.5) is 0 Å². The van der Waals surface area contributed by atoms with Gasteiger partial charge in [0.1, 0.15) is 5.76 Å². The van der Waals surface area contributed by atoms with Crippen molar-refractivity contribution < 1.29 is 14.3 Å². The van der Waals surface area contributed by atoms with Gasteiger partial charge in [-0.1, -0.05) is 19.8 Å². The lowest BCUT2D eigenvalue weighted by molar-refractivity contribution is -0.113. The minimum absolute atomic E-state index is 0.0695. The van der Waals surface area contributed by atoms with Crippen molar-refractivity contribution in [2.45, 2.75) is 63.6 Å². The molecule has 1 saturated carbocycles. The van der Waals surface area contributed by atoms with Crippen LogP contribution in [-0.2, 0) is 11.2 Å². The van der Waals surface area contributed by atoms with Gasteiger partial charge >= 0.3 is 0 Å². The van der Waals surface area contributed by atoms with E-state index in [1.54, 1.807) is 6.26 Å². The summed E-state index contributed by atoms with van der Waals surface area (Å²) in [5, 5.41) is 10.7. The third-order valence-electron chi connectivity index (χ3n) is 4.91. The summed E-state index contributed by atoms with van der Waals surface area (Å²) in [6, 6.07) is 1.93. The highest BCUT2D eigenvalue weighted by molar-refractivity contribution is 5.21. The largest absolute Gasteiger partial charge is 0.469 e. The van der Waals surface area contributed by atoms with Crippen molar-refractivity contribution in [3.8, 4) is 0 Å². The van der Waals surface area contributed by atoms with Gasteiger partial charge in [0.15, 0.2) is 0 Å². The summed E-state index contributed by atoms with van der Waals surface area (Å²) in [4.78, 5) is 0. The van der Waals surface area contributed by atoms with E-state index in [9.17, 15) is 5.11 Å². The number of ether oxygens (including phenoxy) is 1. The average Bonchev–Trinajstić information content (AvgIpc) is 3.07. The molecule has 3 heteroatoms. The third kappa shape index (κ3) is 2.46. The first-order valence-corrected chi connectivity index (χ1v) is 7.62. The molecule has 19 heavy (non-hydrogen) atoms. The summed E-state index contributed by atoms with van der Waals surface area (Å²) >= 11 is 0. The maximum atomic E-state index is 10.7. The van der Waals surface area contributed by atoms with Gasteiger partial charge in [0.2, 0.25) is 0 Å². The highest BCUT2D eigenvalue weighted by Gasteiger charge is 2.42. The first-order valence-electron chi connectivity index (χ1n) is 7.62. The molecule has 1 saturated heterocycles. The van der Waals surface area contributed by atoms with Crippen molar-refractivity contribution in [3.05, 3.63) is 23.7 Å². The van der Waals surface area contributed by atoms with Crippen LogP contribution in [0.1, 0.15) is 62.9 Å². The van der Waals surface area contributed by atoms with Crippen molar-refractivity contribution in [2.24, 2.45) is 5.92 Å². The van der Waals surface area contributed by atoms with Crippen LogP contribution in [0.5, 0.6) is 0 Å². The van der Waals surface area contributed by atoms with Gasteiger partial charge in [-0.05, 0) is 37.7 Å². The summed E-state index contributed by atoms with van der Waals surface area (Å²) in [5.74, 6) is 1.24. The first-order chi connectivity index (χ1) is 9.24. The Labute approximate surface area is 115 Å². The van der Waals surface area contributed by atoms with Crippen LogP contribution in [0.25, 0.3) is 0 Å². The van der Waals surface area contributed by atoms with E-state index in [0.717, 1.165) is 37.2 Å². The molecule has 0 amide bonds. The van der Waals surface area contributed by atoms with Crippen LogP contribution in [0, 0.1) is 5.92 Å². The molecule has 2 aliphatic rings. The number of aliphatic hydroxyl groups is 1. The molecule has 106 valence electrons. The minimum Gasteiger partial charge on any atom is -0.469 e. The van der Waals surface area contributed by atoms with Crippen molar-refractivity contribution in [1.82, 2.24) is 0 Å². The smallest absolute Gasteiger partial charge is 0.109 e. The molecule has 3 rings (SSSR count). The summed E-state index contributed by atoms with van der Waals surface area (Å²) in [6.07, 6.45) is 8.99. The highest BCUT2D eigenvalue weighted by Crippen LogP contribution is 2.45. The zero-order chi connectivity index (χ0) is 13.3. The van der Waals surface area contributed by atoms with Crippen molar-refractivity contribution in [2.75, 3.05) is 6.61 Å². The Morgan fingerprint density at radius 1 is 1.42 bits per heavy atom. The fraction of sp³-hybridized carbons (Fsp3) is 0.750. The molecule has 2 unspecified atom stereocenters. The van der Waals surface area contributed by atoms with E-state index < -0.39 is 6.10 Å². The molecule has 1 N–H and O–H groups in total. The van der Waals surface area contributed by atoms with E-state index in [-0.39, 0.29) is 5.60 Å². The van der Waals surface area contributed by atoms with Crippen LogP contribution in [0.3, 0.4) is 0 Å². The number of hydrogen-bond donors (Lipinski definition) is 1. The SMILES string of the molecule is CCc1occc1C(O)C1CCOC2(CCCC2)C1. The summed E-state index contributed by atoms with van der Waals surface area (Å²) in [7, 11) is 0. The molecule has 3 nitrogen and oxygen atoms in total. The van der Waals surface area contributed by atoms with E-state index in [1.165, 1.54) is 25.7 Å². The number of hydrogen-bond acceptors (Lipinski definition) is 3. The summed E-state index contributed by atoms with van der Waals surface area (Å²) < 4.78 is 11.5. The highest BCUT2D eigenvalue weighted by atomic mass is 16.5. The number of aryl methyl sites for hydroxylation is 1. The zero-order valence-electron chi connectivity index (χ0n) is 11.7. The summed E-state index contributed by atoms with van der Waals surface area (Å²) in [5.41, 5.74) is 1.06. The van der Waals surface area contributed by atoms with E-state index in [0.29, 0.717) is 5.92 Å². The van der Waals surface area contributed by atoms with Crippen LogP contribution in [-0.4, -0.2) is 17.3 Å². The first kappa shape index (κ1) is 13.2. The number of rotatable bonds is 3. The molecule has 2 fully saturated rings. The van der Waals surface area contributed by atoms with E-state index in [2.05, 4.69) is 6.92 Å². The van der Waals surface area contributed by atoms with Gasteiger partial charge in [-0.25, -0.2) is 0 Å². The van der Waals surface area contributed by atoms with Crippen LogP contribution in [0.15, 0.2) is 16.7 Å². The van der Waals surface area contributed by atoms with Gasteiger partial charge < -0.3 is 14.3 Å². The van der Waals surface area contributed by atoms with Gasteiger partial charge in [0, 0.05) is 18.6 Å². The average molecular weight is 264 g/mol. The molecule has 1 aliphatic heterocycles. The summed E-state index contributed by atoms with van der Waals surface area (Å²) in [6.45, 7) is 2.86. The fourth-order valence-corrected chi connectivity index (χ4v) is 3.86. The number of furan rings is 1. The van der Waals surface area contributed by atoms with E-state index in [4.69, 9.17) is 9.15 Å². The lowest BCUT2D eigenvalue weighted by atomic mass is 9.80. The molecule has 1 aromatic heterocycles. The van der Waals surface area contributed by atoms with Gasteiger partial charge in [-0.15, -0.1) is 0 Å². The molecule has 0 radical (unpaired) electrons. The second-order valence-corrected chi connectivity index (χ2v) is 6.09. The molecular weight excluding hydrogens is 240 g/mol. The number of aliphatic hydroxyl groups excluding tert-OH is 1. The topological polar surface area (TPSA) is 42.6 Å². The lowest BCUT2D eigenvalue weighted by Crippen LogP contribution is -2.39. The third-order valence-corrected chi connectivity index (χ3v) is 4.91. The molecule has 0 aromatic carbocycles. The Kier molecular flexibility index (Phi) is 3.68. The van der Waals surface area contributed by atoms with Gasteiger partial charge in [0.05, 0.1) is 18.0 Å². The molecule has 1 aliphatic carbocycles. The van der Waals surface area contributed by atoms with Crippen molar-refractivity contribution in [3.63, 3.8) is 0 Å². The lowest BCUT2D eigenvalue weighted by Gasteiger charge is -2.40. The minimum atomic E-state index is -0.393. The van der Waals surface area contributed by atoms with E-state index in [1.807, 2.05) is 6.07 Å². The monoisotopic (exact) mass is 264 g/mol. The van der Waals surface area contributed by atoms with Gasteiger partial charge in [-0.3, -0.25) is 0 Å². The molecular formula is C16H24O3. The van der Waals surface area contributed by atoms with Crippen LogP contribution < -0.4 is 0 Å². The fourth-order valence-electron chi connectivity index (χ4n) is 3.86. The second kappa shape index (κ2) is 5.29. The standard InChI is InChI=1S/C16H24O3/c1-2-14-13(6-9-18-14)15(17)12-5-10-19-16(11-12)7-3-4-8-16/h6,9,12,15,17H,2-5,7-8,10-11H2,1H3. The Bertz CT molecular complexity index is 417. The predicted octanol–water partition coefficient (Wildman–Crippen LogP) is 3.61. The van der Waals surface area contributed by atoms with Gasteiger partial charge in [-0.2, -0.15) is 0 Å². The Morgan fingerprint density at radius 2 is 2.21 bits per heavy atom. The molecule has 0 bridgehead atoms. The molecule has 2 atom stereocenters. The van der Waals surface area contributed by atoms with Crippen LogP contribution in [0.2, 0.25) is 0 Å². The molecule has 2 heterocycles. The maximum absolute atomic E-state index is 10.7. The Hall–Kier alpha value is -0.800. The Morgan fingerprint density at radius 3 is 2.95 bits per heavy atom. The van der Waals surface area contributed by atoms with Gasteiger partial charge in [0.25, 0.3) is 0 Å². The van der Waals surface area contributed by atoms with Crippen LogP contribution >= 0.6 is 0 Å². The maximum Gasteiger partial charge on any atom is 0.109 e. The van der Waals surface area contributed by atoms with E-state index >= 15 is 0 Å². The van der Waals surface area contributed by atoms with Crippen molar-refractivity contribution >= 4 is 0 Å².